The largest absolute Gasteiger partial charge is 0.373 e. The minimum absolute atomic E-state index is 0.0377. The van der Waals surface area contributed by atoms with Gasteiger partial charge in [-0.1, -0.05) is 63.3 Å². The lowest BCUT2D eigenvalue weighted by atomic mass is 10.1. The molecule has 0 aromatic heterocycles. The fourth-order valence-corrected chi connectivity index (χ4v) is 4.51. The molecule has 0 bridgehead atoms. The van der Waals surface area contributed by atoms with Crippen LogP contribution in [0.25, 0.3) is 0 Å². The minimum Gasteiger partial charge on any atom is -0.373 e. The molecule has 0 saturated heterocycles. The van der Waals surface area contributed by atoms with Gasteiger partial charge in [-0.25, -0.2) is 0 Å². The Morgan fingerprint density at radius 1 is 0.759 bits per heavy atom. The molecule has 0 rings (SSSR count). The van der Waals surface area contributed by atoms with E-state index in [2.05, 4.69) is 31.2 Å². The summed E-state index contributed by atoms with van der Waals surface area (Å²) >= 11 is 0. The third-order valence-electron chi connectivity index (χ3n) is 5.00. The van der Waals surface area contributed by atoms with E-state index >= 15 is 0 Å². The summed E-state index contributed by atoms with van der Waals surface area (Å²) in [5, 5.41) is 8.55. The smallest absolute Gasteiger partial charge is 0.362 e. The van der Waals surface area contributed by atoms with Crippen LogP contribution in [0.4, 0.5) is 0 Å². The van der Waals surface area contributed by atoms with E-state index < -0.39 is 12.9 Å². The number of unbranched alkanes of at least 4 members (excludes halogenated alkanes) is 9. The van der Waals surface area contributed by atoms with Gasteiger partial charge < -0.3 is 19.4 Å². The molecule has 6 heteroatoms. The standard InChI is InChI=1S/C23H46NO4P/c1-5-6-7-8-9-10-11-12-13-14-15-16-17-18-19-20-21-23(25,29(26,27)28)22-24(2,3)4/h7-8,17-18,25H,5-6,9-16,19-22H2,1-4H3,(H-,26,27,28)/p+1/b8-7-,18-17-. The first kappa shape index (κ1) is 28.5. The quantitative estimate of drug-likeness (QED) is 0.111. The molecular formula is C23H47NO4P+. The summed E-state index contributed by atoms with van der Waals surface area (Å²) in [5.74, 6) is 0. The Morgan fingerprint density at radius 2 is 1.17 bits per heavy atom. The van der Waals surface area contributed by atoms with E-state index in [0.717, 1.165) is 12.8 Å². The van der Waals surface area contributed by atoms with Gasteiger partial charge in [-0.05, 0) is 51.4 Å². The summed E-state index contributed by atoms with van der Waals surface area (Å²) in [4.78, 5) is 19.1. The molecule has 3 N–H and O–H groups in total. The van der Waals surface area contributed by atoms with Crippen molar-refractivity contribution in [2.24, 2.45) is 0 Å². The molecular weight excluding hydrogens is 385 g/mol. The summed E-state index contributed by atoms with van der Waals surface area (Å²) in [7, 11) is 0.912. The van der Waals surface area contributed by atoms with E-state index in [1.54, 1.807) is 0 Å². The van der Waals surface area contributed by atoms with E-state index in [1.165, 1.54) is 57.8 Å². The maximum Gasteiger partial charge on any atom is 0.362 e. The average Bonchev–Trinajstić information content (AvgIpc) is 2.59. The molecule has 0 aliphatic heterocycles. The van der Waals surface area contributed by atoms with Gasteiger partial charge >= 0.3 is 7.60 Å². The van der Waals surface area contributed by atoms with Crippen LogP contribution in [0.3, 0.4) is 0 Å². The Morgan fingerprint density at radius 3 is 1.59 bits per heavy atom. The van der Waals surface area contributed by atoms with Gasteiger partial charge in [-0.2, -0.15) is 0 Å². The molecule has 0 aromatic rings. The van der Waals surface area contributed by atoms with Crippen LogP contribution in [0.15, 0.2) is 24.3 Å². The fraction of sp³-hybridized carbons (Fsp3) is 0.826. The van der Waals surface area contributed by atoms with Crippen molar-refractivity contribution in [3.63, 3.8) is 0 Å². The molecule has 0 aliphatic carbocycles. The molecule has 0 aliphatic rings. The lowest BCUT2D eigenvalue weighted by molar-refractivity contribution is -0.875. The van der Waals surface area contributed by atoms with Crippen molar-refractivity contribution in [2.75, 3.05) is 27.7 Å². The van der Waals surface area contributed by atoms with E-state index in [0.29, 0.717) is 10.9 Å². The van der Waals surface area contributed by atoms with Crippen LogP contribution in [0.5, 0.6) is 0 Å². The molecule has 1 atom stereocenters. The van der Waals surface area contributed by atoms with Gasteiger partial charge in [0.2, 0.25) is 5.34 Å². The van der Waals surface area contributed by atoms with Crippen LogP contribution >= 0.6 is 7.60 Å². The van der Waals surface area contributed by atoms with Gasteiger partial charge in [0.25, 0.3) is 0 Å². The van der Waals surface area contributed by atoms with Crippen LogP contribution in [0.1, 0.15) is 90.4 Å². The number of allylic oxidation sites excluding steroid dienone is 4. The molecule has 0 radical (unpaired) electrons. The number of rotatable bonds is 18. The maximum absolute atomic E-state index is 11.7. The Bertz CT molecular complexity index is 507. The SMILES string of the molecule is CCC/C=C\CCCCCCCC/C=C\CCCC(O)(C[N+](C)(C)C)P(=O)(O)O. The summed E-state index contributed by atoms with van der Waals surface area (Å²) in [6, 6.07) is 0. The number of aliphatic hydroxyl groups is 1. The Balaban J connectivity index is 3.79. The van der Waals surface area contributed by atoms with Crippen molar-refractivity contribution >= 4 is 7.60 Å². The second-order valence-corrected chi connectivity index (χ2v) is 11.2. The van der Waals surface area contributed by atoms with Crippen LogP contribution in [0, 0.1) is 0 Å². The molecule has 29 heavy (non-hydrogen) atoms. The first-order valence-electron chi connectivity index (χ1n) is 11.4. The van der Waals surface area contributed by atoms with E-state index in [4.69, 9.17) is 0 Å². The molecule has 1 unspecified atom stereocenters. The molecule has 5 nitrogen and oxygen atoms in total. The number of hydrogen-bond acceptors (Lipinski definition) is 2. The van der Waals surface area contributed by atoms with Gasteiger partial charge in [-0.15, -0.1) is 0 Å². The lowest BCUT2D eigenvalue weighted by Crippen LogP contribution is -2.49. The summed E-state index contributed by atoms with van der Waals surface area (Å²) in [6.07, 6.45) is 22.7. The van der Waals surface area contributed by atoms with Crippen LogP contribution in [0.2, 0.25) is 0 Å². The van der Waals surface area contributed by atoms with Crippen molar-refractivity contribution in [3.8, 4) is 0 Å². The van der Waals surface area contributed by atoms with Crippen molar-refractivity contribution in [1.82, 2.24) is 0 Å². The number of quaternary nitrogens is 1. The molecule has 0 fully saturated rings. The molecule has 0 saturated carbocycles. The second kappa shape index (κ2) is 15.4. The van der Waals surface area contributed by atoms with Gasteiger partial charge in [0.1, 0.15) is 6.54 Å². The lowest BCUT2D eigenvalue weighted by Gasteiger charge is -2.35. The second-order valence-electron chi connectivity index (χ2n) is 9.30. The summed E-state index contributed by atoms with van der Waals surface area (Å²) in [5.41, 5.74) is 0. The fourth-order valence-electron chi connectivity index (χ4n) is 3.45. The summed E-state index contributed by atoms with van der Waals surface area (Å²) in [6.45, 7) is 2.25. The Hall–Kier alpha value is -0.450. The van der Waals surface area contributed by atoms with Gasteiger partial charge in [0, 0.05) is 0 Å². The molecule has 0 heterocycles. The predicted octanol–water partition coefficient (Wildman–Crippen LogP) is 5.76. The number of likely N-dealkylation sites (N-methyl/N-ethyl adjacent to an activating group) is 1. The summed E-state index contributed by atoms with van der Waals surface area (Å²) < 4.78 is 12.0. The number of nitrogens with zero attached hydrogens (tertiary/aromatic N) is 1. The van der Waals surface area contributed by atoms with Crippen molar-refractivity contribution < 1.29 is 23.9 Å². The number of hydrogen-bond donors (Lipinski definition) is 3. The highest BCUT2D eigenvalue weighted by Gasteiger charge is 2.48. The highest BCUT2D eigenvalue weighted by atomic mass is 31.2. The Kier molecular flexibility index (Phi) is 15.1. The first-order valence-corrected chi connectivity index (χ1v) is 13.0. The highest BCUT2D eigenvalue weighted by Crippen LogP contribution is 2.52. The molecule has 0 amide bonds. The minimum atomic E-state index is -4.56. The van der Waals surface area contributed by atoms with Crippen LogP contribution in [-0.2, 0) is 4.57 Å². The van der Waals surface area contributed by atoms with Crippen molar-refractivity contribution in [3.05, 3.63) is 24.3 Å². The van der Waals surface area contributed by atoms with E-state index in [1.807, 2.05) is 21.1 Å². The average molecular weight is 433 g/mol. The van der Waals surface area contributed by atoms with E-state index in [-0.39, 0.29) is 13.0 Å². The third kappa shape index (κ3) is 16.0. The van der Waals surface area contributed by atoms with Crippen molar-refractivity contribution in [2.45, 2.75) is 95.7 Å². The van der Waals surface area contributed by atoms with Crippen LogP contribution in [-0.4, -0.2) is 52.4 Å². The van der Waals surface area contributed by atoms with Gasteiger partial charge in [0.15, 0.2) is 0 Å². The van der Waals surface area contributed by atoms with Gasteiger partial charge in [-0.3, -0.25) is 4.57 Å². The molecule has 0 spiro atoms. The molecule has 172 valence electrons. The Labute approximate surface area is 179 Å². The predicted molar refractivity (Wildman–Crippen MR) is 124 cm³/mol. The topological polar surface area (TPSA) is 77.8 Å². The monoisotopic (exact) mass is 432 g/mol. The zero-order valence-electron chi connectivity index (χ0n) is 19.4. The van der Waals surface area contributed by atoms with Crippen molar-refractivity contribution in [1.29, 1.82) is 0 Å². The first-order chi connectivity index (χ1) is 13.5. The zero-order valence-corrected chi connectivity index (χ0v) is 20.2. The normalized spacial score (nSPS) is 15.4. The molecule has 0 aromatic carbocycles. The maximum atomic E-state index is 11.7. The third-order valence-corrected chi connectivity index (χ3v) is 6.45. The van der Waals surface area contributed by atoms with E-state index in [9.17, 15) is 19.5 Å². The van der Waals surface area contributed by atoms with Gasteiger partial charge in [0.05, 0.1) is 21.1 Å². The van der Waals surface area contributed by atoms with Crippen LogP contribution < -0.4 is 0 Å². The zero-order chi connectivity index (χ0) is 22.2. The highest BCUT2D eigenvalue weighted by molar-refractivity contribution is 7.53.